The fourth-order valence-electron chi connectivity index (χ4n) is 4.14. The van der Waals surface area contributed by atoms with E-state index in [1.807, 2.05) is 0 Å². The predicted octanol–water partition coefficient (Wildman–Crippen LogP) is 4.93. The molecule has 10 heteroatoms. The number of fused-ring (bicyclic) bond motifs is 1. The zero-order valence-electron chi connectivity index (χ0n) is 20.9. The monoisotopic (exact) mass is 524 g/mol. The van der Waals surface area contributed by atoms with Gasteiger partial charge >= 0.3 is 6.18 Å². The summed E-state index contributed by atoms with van der Waals surface area (Å²) in [6.07, 6.45) is -5.26. The van der Waals surface area contributed by atoms with Gasteiger partial charge in [0.05, 0.1) is 24.6 Å². The van der Waals surface area contributed by atoms with Crippen LogP contribution in [0.5, 0.6) is 5.75 Å². The number of alkyl halides is 3. The Bertz CT molecular complexity index is 1500. The summed E-state index contributed by atoms with van der Waals surface area (Å²) in [4.78, 5) is 29.5. The van der Waals surface area contributed by atoms with Crippen LogP contribution in [-0.4, -0.2) is 35.3 Å². The molecule has 4 aromatic rings. The molecule has 4 rings (SSSR count). The molecule has 0 aliphatic carbocycles. The molecule has 0 fully saturated rings. The van der Waals surface area contributed by atoms with Crippen LogP contribution in [0.15, 0.2) is 71.5 Å². The number of carbonyl (C=O) groups excluding carboxylic acids is 1. The van der Waals surface area contributed by atoms with Crippen LogP contribution in [0.4, 0.5) is 18.9 Å². The predicted molar refractivity (Wildman–Crippen MR) is 140 cm³/mol. The van der Waals surface area contributed by atoms with Gasteiger partial charge in [0.25, 0.3) is 5.56 Å². The normalized spacial score (nSPS) is 11.4. The minimum Gasteiger partial charge on any atom is -0.497 e. The van der Waals surface area contributed by atoms with E-state index in [1.165, 1.54) is 19.1 Å². The third kappa shape index (κ3) is 6.70. The third-order valence-electron chi connectivity index (χ3n) is 5.91. The van der Waals surface area contributed by atoms with E-state index in [2.05, 4.69) is 15.6 Å². The highest BCUT2D eigenvalue weighted by Gasteiger charge is 2.27. The molecule has 7 nitrogen and oxygen atoms in total. The van der Waals surface area contributed by atoms with Crippen molar-refractivity contribution in [2.24, 2.45) is 0 Å². The van der Waals surface area contributed by atoms with E-state index in [1.54, 1.807) is 66.3 Å². The molecule has 0 spiro atoms. The largest absolute Gasteiger partial charge is 0.497 e. The molecule has 0 radical (unpaired) electrons. The summed E-state index contributed by atoms with van der Waals surface area (Å²) in [5.41, 5.74) is 3.29. The molecule has 0 saturated heterocycles. The van der Waals surface area contributed by atoms with Crippen molar-refractivity contribution < 1.29 is 22.7 Å². The van der Waals surface area contributed by atoms with Crippen molar-refractivity contribution in [2.45, 2.75) is 32.6 Å². The Hall–Kier alpha value is -4.34. The van der Waals surface area contributed by atoms with Crippen LogP contribution in [0, 0.1) is 0 Å². The molecule has 3 aromatic carbocycles. The number of hydrogen-bond acceptors (Lipinski definition) is 5. The fraction of sp³-hybridized carbons (Fsp3) is 0.250. The summed E-state index contributed by atoms with van der Waals surface area (Å²) in [7, 11) is 1.56. The number of anilines is 1. The van der Waals surface area contributed by atoms with Gasteiger partial charge in [0, 0.05) is 37.8 Å². The first-order valence-electron chi connectivity index (χ1n) is 11.9. The van der Waals surface area contributed by atoms with Gasteiger partial charge in [-0.1, -0.05) is 24.3 Å². The van der Waals surface area contributed by atoms with Crippen LogP contribution in [0.3, 0.4) is 0 Å². The fourth-order valence-corrected chi connectivity index (χ4v) is 4.14. The summed E-state index contributed by atoms with van der Waals surface area (Å²) in [5, 5.41) is 5.93. The van der Waals surface area contributed by atoms with Crippen LogP contribution in [0.1, 0.15) is 18.1 Å². The zero-order valence-corrected chi connectivity index (χ0v) is 20.9. The topological polar surface area (TPSA) is 85.2 Å². The smallest absolute Gasteiger partial charge is 0.393 e. The third-order valence-corrected chi connectivity index (χ3v) is 5.91. The average Bonchev–Trinajstić information content (AvgIpc) is 2.87. The zero-order chi connectivity index (χ0) is 27.3. The lowest BCUT2D eigenvalue weighted by Gasteiger charge is -2.15. The Balaban J connectivity index is 1.66. The van der Waals surface area contributed by atoms with Gasteiger partial charge in [-0.3, -0.25) is 9.59 Å². The van der Waals surface area contributed by atoms with Gasteiger partial charge in [-0.05, 0) is 53.6 Å². The molecule has 1 heterocycles. The van der Waals surface area contributed by atoms with Crippen LogP contribution >= 0.6 is 0 Å². The molecule has 0 aliphatic rings. The van der Waals surface area contributed by atoms with Crippen LogP contribution in [0.2, 0.25) is 0 Å². The number of nitrogens with zero attached hydrogens (tertiary/aromatic N) is 2. The Morgan fingerprint density at radius 1 is 1.03 bits per heavy atom. The maximum absolute atomic E-state index is 13.5. The van der Waals surface area contributed by atoms with E-state index in [-0.39, 0.29) is 35.8 Å². The summed E-state index contributed by atoms with van der Waals surface area (Å²) >= 11 is 0. The molecule has 38 heavy (non-hydrogen) atoms. The van der Waals surface area contributed by atoms with Crippen molar-refractivity contribution in [3.8, 4) is 17.0 Å². The summed E-state index contributed by atoms with van der Waals surface area (Å²) in [6.45, 7) is 2.18. The van der Waals surface area contributed by atoms with Gasteiger partial charge in [-0.15, -0.1) is 0 Å². The van der Waals surface area contributed by atoms with Gasteiger partial charge in [0.15, 0.2) is 0 Å². The number of amides is 1. The standard InChI is InChI=1S/C28H27F3N4O3/c1-18(36)32-12-13-35-25-15-22(33-17-20-5-3-4-19(14-20)16-28(29,30)31)8-11-24(25)34-26(27(35)37)21-6-9-23(38-2)10-7-21/h3-11,14-15,33H,12-13,16-17H2,1-2H3,(H,32,36). The van der Waals surface area contributed by atoms with E-state index < -0.39 is 12.6 Å². The lowest BCUT2D eigenvalue weighted by atomic mass is 10.1. The second kappa shape index (κ2) is 11.4. The first kappa shape index (κ1) is 26.7. The number of rotatable bonds is 9. The van der Waals surface area contributed by atoms with Crippen LogP contribution in [0.25, 0.3) is 22.3 Å². The van der Waals surface area contributed by atoms with Gasteiger partial charge in [0.2, 0.25) is 5.91 Å². The minimum absolute atomic E-state index is 0.192. The molecule has 0 saturated carbocycles. The van der Waals surface area contributed by atoms with Crippen molar-refractivity contribution in [1.82, 2.24) is 14.9 Å². The van der Waals surface area contributed by atoms with Crippen molar-refractivity contribution in [3.05, 3.63) is 88.2 Å². The molecule has 0 aliphatic heterocycles. The summed E-state index contributed by atoms with van der Waals surface area (Å²) < 4.78 is 45.1. The number of benzene rings is 3. The maximum atomic E-state index is 13.5. The number of halogens is 3. The first-order chi connectivity index (χ1) is 18.1. The highest BCUT2D eigenvalue weighted by Crippen LogP contribution is 2.24. The maximum Gasteiger partial charge on any atom is 0.393 e. The number of nitrogens with one attached hydrogen (secondary N) is 2. The Morgan fingerprint density at radius 2 is 1.76 bits per heavy atom. The molecule has 198 valence electrons. The van der Waals surface area contributed by atoms with Gasteiger partial charge in [0.1, 0.15) is 11.4 Å². The van der Waals surface area contributed by atoms with Crippen molar-refractivity contribution in [3.63, 3.8) is 0 Å². The molecule has 0 atom stereocenters. The van der Waals surface area contributed by atoms with Crippen molar-refractivity contribution in [1.29, 1.82) is 0 Å². The minimum atomic E-state index is -4.27. The SMILES string of the molecule is COc1ccc(-c2nc3ccc(NCc4cccc(CC(F)(F)F)c4)cc3n(CCNC(C)=O)c2=O)cc1. The number of aromatic nitrogens is 2. The molecular weight excluding hydrogens is 497 g/mol. The summed E-state index contributed by atoms with van der Waals surface area (Å²) in [6, 6.07) is 18.7. The highest BCUT2D eigenvalue weighted by molar-refractivity contribution is 5.81. The van der Waals surface area contributed by atoms with E-state index in [0.29, 0.717) is 40.1 Å². The molecule has 1 amide bonds. The van der Waals surface area contributed by atoms with E-state index in [0.717, 1.165) is 0 Å². The van der Waals surface area contributed by atoms with Gasteiger partial charge in [-0.25, -0.2) is 4.98 Å². The van der Waals surface area contributed by atoms with Gasteiger partial charge in [-0.2, -0.15) is 13.2 Å². The van der Waals surface area contributed by atoms with Crippen LogP contribution < -0.4 is 20.9 Å². The Morgan fingerprint density at radius 3 is 2.45 bits per heavy atom. The molecule has 1 aromatic heterocycles. The van der Waals surface area contributed by atoms with E-state index in [9.17, 15) is 22.8 Å². The molecule has 2 N–H and O–H groups in total. The average molecular weight is 525 g/mol. The number of ether oxygens (including phenoxy) is 1. The van der Waals surface area contributed by atoms with E-state index >= 15 is 0 Å². The second-order valence-corrected chi connectivity index (χ2v) is 8.80. The highest BCUT2D eigenvalue weighted by atomic mass is 19.4. The lowest BCUT2D eigenvalue weighted by molar-refractivity contribution is -0.127. The molecule has 0 unspecified atom stereocenters. The Labute approximate surface area is 217 Å². The lowest BCUT2D eigenvalue weighted by Crippen LogP contribution is -2.31. The quantitative estimate of drug-likeness (QED) is 0.325. The van der Waals surface area contributed by atoms with Crippen molar-refractivity contribution in [2.75, 3.05) is 19.0 Å². The second-order valence-electron chi connectivity index (χ2n) is 8.80. The number of methoxy groups -OCH3 is 1. The number of carbonyl (C=O) groups is 1. The van der Waals surface area contributed by atoms with Crippen molar-refractivity contribution >= 4 is 22.6 Å². The molecular formula is C28H27F3N4O3. The molecule has 0 bridgehead atoms. The van der Waals surface area contributed by atoms with Crippen LogP contribution in [-0.2, 0) is 24.3 Å². The first-order valence-corrected chi connectivity index (χ1v) is 11.9. The summed E-state index contributed by atoms with van der Waals surface area (Å²) in [5.74, 6) is 0.446. The van der Waals surface area contributed by atoms with E-state index in [4.69, 9.17) is 4.74 Å². The number of hydrogen-bond donors (Lipinski definition) is 2. The Kier molecular flexibility index (Phi) is 7.99. The van der Waals surface area contributed by atoms with Gasteiger partial charge < -0.3 is 19.9 Å².